The molecule has 0 saturated heterocycles. The summed E-state index contributed by atoms with van der Waals surface area (Å²) in [5.41, 5.74) is 0.720. The van der Waals surface area contributed by atoms with Crippen LogP contribution in [-0.4, -0.2) is 29.9 Å². The Bertz CT molecular complexity index is 1030. The van der Waals surface area contributed by atoms with E-state index in [4.69, 9.17) is 4.74 Å². The Kier molecular flexibility index (Phi) is 5.72. The molecule has 6 rings (SSSR count). The van der Waals surface area contributed by atoms with E-state index in [0.717, 1.165) is 69.8 Å². The summed E-state index contributed by atoms with van der Waals surface area (Å²) in [6, 6.07) is 2.26. The van der Waals surface area contributed by atoms with Crippen molar-refractivity contribution in [1.29, 1.82) is 5.26 Å². The minimum atomic E-state index is -0.606. The van der Waals surface area contributed by atoms with Crippen molar-refractivity contribution in [2.75, 3.05) is 11.9 Å². The Morgan fingerprint density at radius 2 is 1.85 bits per heavy atom. The number of ether oxygens (including phenoxy) is 1. The van der Waals surface area contributed by atoms with Gasteiger partial charge >= 0.3 is 5.97 Å². The topological polar surface area (TPSA) is 108 Å². The highest BCUT2D eigenvalue weighted by Crippen LogP contribution is 2.62. The van der Waals surface area contributed by atoms with Crippen LogP contribution in [-0.2, 0) is 32.0 Å². The molecule has 4 bridgehead atoms. The average molecular weight is 470 g/mol. The molecule has 5 aliphatic carbocycles. The second-order valence-corrected chi connectivity index (χ2v) is 11.8. The van der Waals surface area contributed by atoms with Gasteiger partial charge in [-0.05, 0) is 81.6 Å². The van der Waals surface area contributed by atoms with Crippen molar-refractivity contribution < 1.29 is 19.1 Å². The van der Waals surface area contributed by atoms with Crippen molar-refractivity contribution in [3.63, 3.8) is 0 Å². The average Bonchev–Trinajstić information content (AvgIpc) is 2.88. The lowest BCUT2D eigenvalue weighted by molar-refractivity contribution is -0.176. The summed E-state index contributed by atoms with van der Waals surface area (Å²) in [7, 11) is 0. The number of nitriles is 1. The second kappa shape index (κ2) is 8.43. The third kappa shape index (κ3) is 4.16. The number of carbonyl (C=O) groups excluding carboxylic acids is 3. The molecule has 2 atom stereocenters. The standard InChI is InChI=1S/C25H31N3O4S/c1-15(29)28-25-10-16-7-17(11-25)9-24(8-16,14-25)23(31)32-13-21(30)27-22-19(12-26)18-5-3-2-4-6-20(18)33-22/h16-17H,2-11,13-14H2,1H3,(H,27,30)(H,28,29)/t16-,17-,24?,25?/m0/s1. The molecule has 8 heteroatoms. The van der Waals surface area contributed by atoms with Crippen molar-refractivity contribution in [2.45, 2.75) is 83.1 Å². The van der Waals surface area contributed by atoms with Crippen LogP contribution < -0.4 is 10.6 Å². The molecule has 2 N–H and O–H groups in total. The molecule has 176 valence electrons. The molecule has 33 heavy (non-hydrogen) atoms. The van der Waals surface area contributed by atoms with Crippen molar-refractivity contribution in [3.8, 4) is 6.07 Å². The molecule has 0 unspecified atom stereocenters. The number of nitrogens with zero attached hydrogens (tertiary/aromatic N) is 1. The highest BCUT2D eigenvalue weighted by atomic mass is 32.1. The summed E-state index contributed by atoms with van der Waals surface area (Å²) in [5.74, 6) is 0.0577. The van der Waals surface area contributed by atoms with Gasteiger partial charge in [0, 0.05) is 17.3 Å². The summed E-state index contributed by atoms with van der Waals surface area (Å²) in [6.07, 6.45) is 10.3. The van der Waals surface area contributed by atoms with E-state index in [-0.39, 0.29) is 24.0 Å². The first-order valence-corrected chi connectivity index (χ1v) is 12.9. The summed E-state index contributed by atoms with van der Waals surface area (Å²) < 4.78 is 5.56. The molecule has 7 nitrogen and oxygen atoms in total. The summed E-state index contributed by atoms with van der Waals surface area (Å²) in [4.78, 5) is 38.9. The van der Waals surface area contributed by atoms with Crippen LogP contribution in [0.4, 0.5) is 5.00 Å². The molecule has 0 spiro atoms. The number of rotatable bonds is 5. The van der Waals surface area contributed by atoms with Crippen LogP contribution in [0.2, 0.25) is 0 Å². The first kappa shape index (κ1) is 22.4. The van der Waals surface area contributed by atoms with Gasteiger partial charge in [0.25, 0.3) is 5.91 Å². The molecule has 1 aromatic heterocycles. The zero-order chi connectivity index (χ0) is 23.2. The number of thiophene rings is 1. The van der Waals surface area contributed by atoms with Gasteiger partial charge < -0.3 is 15.4 Å². The molecule has 0 aromatic carbocycles. The van der Waals surface area contributed by atoms with Gasteiger partial charge in [-0.2, -0.15) is 5.26 Å². The lowest BCUT2D eigenvalue weighted by Gasteiger charge is -2.60. The number of hydrogen-bond donors (Lipinski definition) is 2. The minimum absolute atomic E-state index is 0.0532. The first-order valence-electron chi connectivity index (χ1n) is 12.1. The number of aryl methyl sites for hydroxylation is 1. The van der Waals surface area contributed by atoms with E-state index in [1.54, 1.807) is 0 Å². The number of amides is 2. The van der Waals surface area contributed by atoms with Gasteiger partial charge in [-0.1, -0.05) is 6.42 Å². The largest absolute Gasteiger partial charge is 0.455 e. The van der Waals surface area contributed by atoms with Gasteiger partial charge in [0.05, 0.1) is 11.0 Å². The van der Waals surface area contributed by atoms with Crippen LogP contribution in [0.15, 0.2) is 0 Å². The fourth-order valence-corrected chi connectivity index (χ4v) is 8.67. The molecule has 0 aliphatic heterocycles. The van der Waals surface area contributed by atoms with Gasteiger partial charge in [-0.25, -0.2) is 0 Å². The molecule has 4 saturated carbocycles. The molecule has 1 aromatic rings. The maximum absolute atomic E-state index is 13.2. The second-order valence-electron chi connectivity index (χ2n) is 10.7. The van der Waals surface area contributed by atoms with E-state index in [1.165, 1.54) is 23.1 Å². The van der Waals surface area contributed by atoms with Gasteiger partial charge in [-0.3, -0.25) is 14.4 Å². The maximum Gasteiger partial charge on any atom is 0.312 e. The third-order valence-corrected chi connectivity index (χ3v) is 9.26. The predicted molar refractivity (Wildman–Crippen MR) is 124 cm³/mol. The maximum atomic E-state index is 13.2. The van der Waals surface area contributed by atoms with E-state index in [9.17, 15) is 19.6 Å². The molecule has 1 heterocycles. The lowest BCUT2D eigenvalue weighted by Crippen LogP contribution is -2.64. The Hall–Kier alpha value is -2.40. The van der Waals surface area contributed by atoms with Crippen LogP contribution in [0.25, 0.3) is 0 Å². The van der Waals surface area contributed by atoms with E-state index in [2.05, 4.69) is 16.7 Å². The Morgan fingerprint density at radius 3 is 2.55 bits per heavy atom. The van der Waals surface area contributed by atoms with Crippen LogP contribution in [0.5, 0.6) is 0 Å². The molecule has 2 amide bonds. The molecule has 4 fully saturated rings. The number of anilines is 1. The van der Waals surface area contributed by atoms with E-state index >= 15 is 0 Å². The molecular weight excluding hydrogens is 438 g/mol. The molecule has 0 radical (unpaired) electrons. The number of esters is 1. The SMILES string of the molecule is CC(=O)NC12C[C@H]3C[C@H](C1)CC(C(=O)OCC(=O)Nc1sc4c(c1C#N)CCCCC4)(C3)C2. The molecule has 5 aliphatic rings. The lowest BCUT2D eigenvalue weighted by atomic mass is 9.47. The zero-order valence-corrected chi connectivity index (χ0v) is 19.9. The third-order valence-electron chi connectivity index (χ3n) is 8.06. The Balaban J connectivity index is 1.24. The summed E-state index contributed by atoms with van der Waals surface area (Å²) >= 11 is 1.48. The highest BCUT2D eigenvalue weighted by Gasteiger charge is 2.61. The van der Waals surface area contributed by atoms with Gasteiger partial charge in [0.1, 0.15) is 11.1 Å². The predicted octanol–water partition coefficient (Wildman–Crippen LogP) is 3.85. The fraction of sp³-hybridized carbons (Fsp3) is 0.680. The van der Waals surface area contributed by atoms with Crippen LogP contribution >= 0.6 is 11.3 Å². The van der Waals surface area contributed by atoms with Crippen LogP contribution in [0, 0.1) is 28.6 Å². The summed E-state index contributed by atoms with van der Waals surface area (Å²) in [6.45, 7) is 1.18. The van der Waals surface area contributed by atoms with Crippen LogP contribution in [0.3, 0.4) is 0 Å². The monoisotopic (exact) mass is 469 g/mol. The Morgan fingerprint density at radius 1 is 1.12 bits per heavy atom. The van der Waals surface area contributed by atoms with Crippen molar-refractivity contribution in [2.24, 2.45) is 17.3 Å². The van der Waals surface area contributed by atoms with Crippen molar-refractivity contribution in [3.05, 3.63) is 16.0 Å². The minimum Gasteiger partial charge on any atom is -0.455 e. The fourth-order valence-electron chi connectivity index (χ4n) is 7.42. The quantitative estimate of drug-likeness (QED) is 0.503. The smallest absolute Gasteiger partial charge is 0.312 e. The van der Waals surface area contributed by atoms with Gasteiger partial charge in [-0.15, -0.1) is 11.3 Å². The Labute approximate surface area is 198 Å². The molecular formula is C25H31N3O4S. The number of nitrogens with one attached hydrogen (secondary N) is 2. The number of carbonyl (C=O) groups is 3. The van der Waals surface area contributed by atoms with Crippen molar-refractivity contribution >= 4 is 34.1 Å². The number of fused-ring (bicyclic) bond motifs is 1. The summed E-state index contributed by atoms with van der Waals surface area (Å²) in [5, 5.41) is 16.2. The zero-order valence-electron chi connectivity index (χ0n) is 19.1. The first-order chi connectivity index (χ1) is 15.8. The van der Waals surface area contributed by atoms with E-state index in [1.807, 2.05) is 0 Å². The van der Waals surface area contributed by atoms with Gasteiger partial charge in [0.2, 0.25) is 5.91 Å². The number of hydrogen-bond acceptors (Lipinski definition) is 6. The van der Waals surface area contributed by atoms with Gasteiger partial charge in [0.15, 0.2) is 6.61 Å². The van der Waals surface area contributed by atoms with Crippen LogP contribution in [0.1, 0.15) is 80.7 Å². The van der Waals surface area contributed by atoms with E-state index in [0.29, 0.717) is 28.8 Å². The normalized spacial score (nSPS) is 31.8. The van der Waals surface area contributed by atoms with E-state index < -0.39 is 11.3 Å². The highest BCUT2D eigenvalue weighted by molar-refractivity contribution is 7.16. The van der Waals surface area contributed by atoms with Crippen molar-refractivity contribution in [1.82, 2.24) is 5.32 Å².